The van der Waals surface area contributed by atoms with Gasteiger partial charge in [-0.1, -0.05) is 41.9 Å². The fraction of sp³-hybridized carbons (Fsp3) is 0.259. The maximum absolute atomic E-state index is 6.18. The molecule has 0 N–H and O–H groups in total. The van der Waals surface area contributed by atoms with Crippen LogP contribution in [0.5, 0.6) is 11.6 Å². The van der Waals surface area contributed by atoms with Crippen LogP contribution in [0.1, 0.15) is 36.6 Å². The van der Waals surface area contributed by atoms with Gasteiger partial charge >= 0.3 is 0 Å². The molecule has 33 heavy (non-hydrogen) atoms. The summed E-state index contributed by atoms with van der Waals surface area (Å²) in [6.45, 7) is 4.01. The van der Waals surface area contributed by atoms with Gasteiger partial charge in [-0.25, -0.2) is 9.67 Å². The van der Waals surface area contributed by atoms with E-state index < -0.39 is 0 Å². The van der Waals surface area contributed by atoms with Gasteiger partial charge in [0.2, 0.25) is 5.88 Å². The van der Waals surface area contributed by atoms with Crippen LogP contribution in [0, 0.1) is 0 Å². The summed E-state index contributed by atoms with van der Waals surface area (Å²) in [4.78, 5) is 4.51. The summed E-state index contributed by atoms with van der Waals surface area (Å²) >= 11 is 6.18. The number of rotatable bonds is 6. The molecule has 168 valence electrons. The lowest BCUT2D eigenvalue weighted by Gasteiger charge is -2.15. The number of nitrogens with zero attached hydrogens (tertiary/aromatic N) is 3. The number of para-hydroxylation sites is 2. The van der Waals surface area contributed by atoms with E-state index in [1.807, 2.05) is 67.2 Å². The summed E-state index contributed by atoms with van der Waals surface area (Å²) in [5.74, 6) is 1.78. The lowest BCUT2D eigenvalue weighted by atomic mass is 9.97. The molecule has 0 amide bonds. The molecule has 2 heterocycles. The maximum atomic E-state index is 6.18. The van der Waals surface area contributed by atoms with Crippen molar-refractivity contribution in [1.82, 2.24) is 14.8 Å². The molecule has 0 fully saturated rings. The Bertz CT molecular complexity index is 1260. The topological polar surface area (TPSA) is 49.2 Å². The first kappa shape index (κ1) is 21.5. The van der Waals surface area contributed by atoms with Crippen molar-refractivity contribution in [1.29, 1.82) is 0 Å². The van der Waals surface area contributed by atoms with Crippen LogP contribution >= 0.6 is 11.6 Å². The molecule has 1 atom stereocenters. The SMILES string of the molecule is COc1ccccc1-n1nc2c(c1-c1ccc(Cl)cc1)CC(c1ccc(OC(C)C)nc1)C2. The fourth-order valence-electron chi connectivity index (χ4n) is 4.49. The zero-order chi connectivity index (χ0) is 22.9. The third-order valence-electron chi connectivity index (χ3n) is 5.98. The van der Waals surface area contributed by atoms with Crippen molar-refractivity contribution in [3.05, 3.63) is 88.7 Å². The number of pyridine rings is 1. The number of benzene rings is 2. The first-order chi connectivity index (χ1) is 16.0. The Labute approximate surface area is 199 Å². The number of halogens is 1. The number of methoxy groups -OCH3 is 1. The number of aromatic nitrogens is 3. The standard InChI is InChI=1S/C27H26ClN3O2/c1-17(2)33-26-13-10-19(16-29-26)20-14-22-23(15-20)30-31(24-6-4-5-7-25(24)32-3)27(22)18-8-11-21(28)12-9-18/h4-13,16-17,20H,14-15H2,1-3H3. The first-order valence-corrected chi connectivity index (χ1v) is 11.5. The molecule has 0 radical (unpaired) electrons. The van der Waals surface area contributed by atoms with E-state index in [-0.39, 0.29) is 6.10 Å². The Hall–Kier alpha value is -3.31. The highest BCUT2D eigenvalue weighted by atomic mass is 35.5. The molecule has 2 aromatic carbocycles. The van der Waals surface area contributed by atoms with E-state index in [0.29, 0.717) is 16.8 Å². The number of fused-ring (bicyclic) bond motifs is 1. The number of hydrogen-bond donors (Lipinski definition) is 0. The van der Waals surface area contributed by atoms with Crippen molar-refractivity contribution in [2.45, 2.75) is 38.7 Å². The first-order valence-electron chi connectivity index (χ1n) is 11.2. The molecule has 0 bridgehead atoms. The van der Waals surface area contributed by atoms with Crippen molar-refractivity contribution in [3.63, 3.8) is 0 Å². The Morgan fingerprint density at radius 1 is 1.00 bits per heavy atom. The molecule has 0 saturated heterocycles. The normalized spacial score (nSPS) is 15.0. The summed E-state index contributed by atoms with van der Waals surface area (Å²) in [6, 6.07) is 20.0. The summed E-state index contributed by atoms with van der Waals surface area (Å²) in [5, 5.41) is 5.77. The zero-order valence-electron chi connectivity index (χ0n) is 19.0. The van der Waals surface area contributed by atoms with E-state index in [0.717, 1.165) is 41.2 Å². The highest BCUT2D eigenvalue weighted by molar-refractivity contribution is 6.30. The van der Waals surface area contributed by atoms with Crippen LogP contribution in [0.3, 0.4) is 0 Å². The number of hydrogen-bond acceptors (Lipinski definition) is 4. The predicted molar refractivity (Wildman–Crippen MR) is 131 cm³/mol. The highest BCUT2D eigenvalue weighted by Crippen LogP contribution is 2.41. The molecule has 5 nitrogen and oxygen atoms in total. The molecular formula is C27H26ClN3O2. The molecule has 5 rings (SSSR count). The number of ether oxygens (including phenoxy) is 2. The average Bonchev–Trinajstić information content (AvgIpc) is 3.38. The average molecular weight is 460 g/mol. The lowest BCUT2D eigenvalue weighted by molar-refractivity contribution is 0.232. The van der Waals surface area contributed by atoms with Gasteiger partial charge in [0.25, 0.3) is 0 Å². The second kappa shape index (κ2) is 8.91. The molecule has 1 unspecified atom stereocenters. The third kappa shape index (κ3) is 4.21. The van der Waals surface area contributed by atoms with Crippen molar-refractivity contribution in [2.24, 2.45) is 0 Å². The minimum absolute atomic E-state index is 0.108. The maximum Gasteiger partial charge on any atom is 0.213 e. The highest BCUT2D eigenvalue weighted by Gasteiger charge is 2.31. The molecule has 1 aliphatic carbocycles. The molecule has 2 aromatic heterocycles. The van der Waals surface area contributed by atoms with Gasteiger partial charge in [0.15, 0.2) is 0 Å². The molecular weight excluding hydrogens is 434 g/mol. The van der Waals surface area contributed by atoms with E-state index in [1.165, 1.54) is 11.1 Å². The van der Waals surface area contributed by atoms with Gasteiger partial charge in [0.05, 0.1) is 24.6 Å². The predicted octanol–water partition coefficient (Wildman–Crippen LogP) is 6.27. The van der Waals surface area contributed by atoms with Gasteiger partial charge in [-0.05, 0) is 62.4 Å². The third-order valence-corrected chi connectivity index (χ3v) is 6.23. The summed E-state index contributed by atoms with van der Waals surface area (Å²) < 4.78 is 13.4. The van der Waals surface area contributed by atoms with Gasteiger partial charge in [0.1, 0.15) is 11.4 Å². The van der Waals surface area contributed by atoms with E-state index in [4.69, 9.17) is 26.2 Å². The van der Waals surface area contributed by atoms with E-state index in [2.05, 4.69) is 23.2 Å². The molecule has 0 saturated carbocycles. The quantitative estimate of drug-likeness (QED) is 0.341. The van der Waals surface area contributed by atoms with Crippen LogP contribution in [0.15, 0.2) is 66.9 Å². The second-order valence-electron chi connectivity index (χ2n) is 8.57. The van der Waals surface area contributed by atoms with Crippen molar-refractivity contribution < 1.29 is 9.47 Å². The fourth-order valence-corrected chi connectivity index (χ4v) is 4.62. The lowest BCUT2D eigenvalue weighted by Crippen LogP contribution is -2.08. The Morgan fingerprint density at radius 3 is 2.48 bits per heavy atom. The van der Waals surface area contributed by atoms with Gasteiger partial charge in [0, 0.05) is 28.4 Å². The van der Waals surface area contributed by atoms with Gasteiger partial charge in [-0.3, -0.25) is 0 Å². The molecule has 0 spiro atoms. The van der Waals surface area contributed by atoms with Crippen LogP contribution in [-0.4, -0.2) is 28.0 Å². The van der Waals surface area contributed by atoms with Crippen LogP contribution < -0.4 is 9.47 Å². The van der Waals surface area contributed by atoms with E-state index in [9.17, 15) is 0 Å². The summed E-state index contributed by atoms with van der Waals surface area (Å²) in [7, 11) is 1.69. The monoisotopic (exact) mass is 459 g/mol. The Morgan fingerprint density at radius 2 is 1.79 bits per heavy atom. The molecule has 1 aliphatic rings. The van der Waals surface area contributed by atoms with Gasteiger partial charge < -0.3 is 9.47 Å². The minimum Gasteiger partial charge on any atom is -0.494 e. The Balaban J connectivity index is 1.54. The summed E-state index contributed by atoms with van der Waals surface area (Å²) in [5.41, 5.74) is 6.66. The Kier molecular flexibility index (Phi) is 5.81. The zero-order valence-corrected chi connectivity index (χ0v) is 19.7. The van der Waals surface area contributed by atoms with Gasteiger partial charge in [-0.15, -0.1) is 0 Å². The molecule has 6 heteroatoms. The largest absolute Gasteiger partial charge is 0.494 e. The summed E-state index contributed by atoms with van der Waals surface area (Å²) in [6.07, 6.45) is 3.81. The molecule has 0 aliphatic heterocycles. The second-order valence-corrected chi connectivity index (χ2v) is 9.00. The minimum atomic E-state index is 0.108. The molecule has 4 aromatic rings. The smallest absolute Gasteiger partial charge is 0.213 e. The van der Waals surface area contributed by atoms with Gasteiger partial charge in [-0.2, -0.15) is 5.10 Å². The van der Waals surface area contributed by atoms with Crippen molar-refractivity contribution >= 4 is 11.6 Å². The van der Waals surface area contributed by atoms with Crippen LogP contribution in [0.25, 0.3) is 16.9 Å². The van der Waals surface area contributed by atoms with Crippen LogP contribution in [0.4, 0.5) is 0 Å². The van der Waals surface area contributed by atoms with Crippen LogP contribution in [0.2, 0.25) is 5.02 Å². The van der Waals surface area contributed by atoms with Crippen molar-refractivity contribution in [2.75, 3.05) is 7.11 Å². The van der Waals surface area contributed by atoms with Crippen molar-refractivity contribution in [3.8, 4) is 28.6 Å². The van der Waals surface area contributed by atoms with Crippen LogP contribution in [-0.2, 0) is 12.8 Å². The van der Waals surface area contributed by atoms with E-state index in [1.54, 1.807) is 7.11 Å². The van der Waals surface area contributed by atoms with E-state index >= 15 is 0 Å².